The van der Waals surface area contributed by atoms with Crippen molar-refractivity contribution in [3.05, 3.63) is 57.6 Å². The summed E-state index contributed by atoms with van der Waals surface area (Å²) in [5.41, 5.74) is -1.15. The fraction of sp³-hybridized carbons (Fsp3) is 0.0625. The van der Waals surface area contributed by atoms with Gasteiger partial charge in [0.25, 0.3) is 0 Å². The summed E-state index contributed by atoms with van der Waals surface area (Å²) in [6.07, 6.45) is 0. The Morgan fingerprint density at radius 1 is 0.955 bits per heavy atom. The molecule has 0 radical (unpaired) electrons. The first-order valence-electron chi connectivity index (χ1n) is 6.35. The van der Waals surface area contributed by atoms with Crippen LogP contribution in [0.15, 0.2) is 24.3 Å². The molecule has 0 heterocycles. The summed E-state index contributed by atoms with van der Waals surface area (Å²) in [7, 11) is 0. The molecule has 1 aliphatic rings. The number of rotatable bonds is 1. The lowest BCUT2D eigenvalue weighted by atomic mass is 9.80. The van der Waals surface area contributed by atoms with E-state index in [2.05, 4.69) is 0 Å². The van der Waals surface area contributed by atoms with E-state index < -0.39 is 23.1 Å². The lowest BCUT2D eigenvalue weighted by Crippen LogP contribution is -2.24. The topological polar surface area (TPSA) is 112 Å². The van der Waals surface area contributed by atoms with Crippen molar-refractivity contribution in [2.75, 3.05) is 0 Å². The standard InChI is InChI=1S/C16H10O6/c1-6-10(18)5-8-13(11(6)16(21)22)15(20)12-7(14(8)19)3-2-4-9(12)17/h2-5,17-18H,1H3,(H,21,22). The molecular weight excluding hydrogens is 288 g/mol. The first-order valence-corrected chi connectivity index (χ1v) is 6.35. The summed E-state index contributed by atoms with van der Waals surface area (Å²) in [6.45, 7) is 1.34. The van der Waals surface area contributed by atoms with Crippen molar-refractivity contribution in [3.8, 4) is 11.5 Å². The largest absolute Gasteiger partial charge is 0.508 e. The molecule has 2 aromatic carbocycles. The highest BCUT2D eigenvalue weighted by molar-refractivity contribution is 6.31. The number of carbonyl (C=O) groups excluding carboxylic acids is 2. The highest BCUT2D eigenvalue weighted by Crippen LogP contribution is 2.37. The maximum absolute atomic E-state index is 12.6. The zero-order valence-corrected chi connectivity index (χ0v) is 11.4. The Morgan fingerprint density at radius 2 is 1.64 bits per heavy atom. The van der Waals surface area contributed by atoms with Gasteiger partial charge in [-0.25, -0.2) is 4.79 Å². The van der Waals surface area contributed by atoms with Gasteiger partial charge in [0.1, 0.15) is 11.5 Å². The second-order valence-electron chi connectivity index (χ2n) is 4.98. The van der Waals surface area contributed by atoms with Crippen LogP contribution in [0.2, 0.25) is 0 Å². The van der Waals surface area contributed by atoms with Gasteiger partial charge in [-0.05, 0) is 19.1 Å². The van der Waals surface area contributed by atoms with E-state index in [9.17, 15) is 29.7 Å². The number of aromatic carboxylic acids is 1. The van der Waals surface area contributed by atoms with Crippen molar-refractivity contribution < 1.29 is 29.7 Å². The minimum Gasteiger partial charge on any atom is -0.508 e. The van der Waals surface area contributed by atoms with E-state index in [1.54, 1.807) is 0 Å². The van der Waals surface area contributed by atoms with Crippen LogP contribution < -0.4 is 0 Å². The Kier molecular flexibility index (Phi) is 2.78. The molecule has 110 valence electrons. The molecule has 0 bridgehead atoms. The number of phenols is 2. The van der Waals surface area contributed by atoms with Gasteiger partial charge in [-0.15, -0.1) is 0 Å². The van der Waals surface area contributed by atoms with Crippen molar-refractivity contribution >= 4 is 17.5 Å². The molecule has 0 aromatic heterocycles. The van der Waals surface area contributed by atoms with Crippen molar-refractivity contribution in [1.29, 1.82) is 0 Å². The number of hydrogen-bond donors (Lipinski definition) is 3. The molecule has 0 fully saturated rings. The van der Waals surface area contributed by atoms with Crippen LogP contribution in [0.1, 0.15) is 47.8 Å². The highest BCUT2D eigenvalue weighted by atomic mass is 16.4. The average Bonchev–Trinajstić information content (AvgIpc) is 2.46. The number of carbonyl (C=O) groups is 3. The van der Waals surface area contributed by atoms with E-state index >= 15 is 0 Å². The number of aromatic hydroxyl groups is 2. The fourth-order valence-electron chi connectivity index (χ4n) is 2.69. The van der Waals surface area contributed by atoms with Gasteiger partial charge in [0.15, 0.2) is 11.6 Å². The number of phenolic OH excluding ortho intramolecular Hbond substituents is 2. The second-order valence-corrected chi connectivity index (χ2v) is 4.98. The van der Waals surface area contributed by atoms with Gasteiger partial charge < -0.3 is 15.3 Å². The van der Waals surface area contributed by atoms with Gasteiger partial charge in [0.2, 0.25) is 0 Å². The van der Waals surface area contributed by atoms with E-state index in [4.69, 9.17) is 0 Å². The zero-order chi connectivity index (χ0) is 16.2. The Bertz CT molecular complexity index is 879. The van der Waals surface area contributed by atoms with Crippen LogP contribution in [0.3, 0.4) is 0 Å². The average molecular weight is 298 g/mol. The third-order valence-corrected chi connectivity index (χ3v) is 3.76. The quantitative estimate of drug-likeness (QED) is 0.632. The molecule has 0 aliphatic heterocycles. The van der Waals surface area contributed by atoms with Crippen LogP contribution in [0.5, 0.6) is 11.5 Å². The number of ketones is 2. The normalized spacial score (nSPS) is 12.8. The number of carboxylic acids is 1. The summed E-state index contributed by atoms with van der Waals surface area (Å²) in [5, 5.41) is 29.0. The molecule has 1 aliphatic carbocycles. The van der Waals surface area contributed by atoms with E-state index in [1.807, 2.05) is 0 Å². The molecule has 6 nitrogen and oxygen atoms in total. The van der Waals surface area contributed by atoms with Gasteiger partial charge in [0.05, 0.1) is 11.1 Å². The predicted molar refractivity (Wildman–Crippen MR) is 74.8 cm³/mol. The Balaban J connectivity index is 2.46. The SMILES string of the molecule is Cc1c(O)cc2c(c1C(=O)O)C(=O)c1c(O)cccc1C2=O. The minimum absolute atomic E-state index is 0.00808. The smallest absolute Gasteiger partial charge is 0.336 e. The minimum atomic E-state index is -1.43. The number of carboxylic acid groups (broad SMARTS) is 1. The second kappa shape index (κ2) is 4.42. The lowest BCUT2D eigenvalue weighted by molar-refractivity contribution is 0.0691. The van der Waals surface area contributed by atoms with Crippen molar-refractivity contribution in [1.82, 2.24) is 0 Å². The molecule has 0 saturated heterocycles. The van der Waals surface area contributed by atoms with Crippen LogP contribution >= 0.6 is 0 Å². The van der Waals surface area contributed by atoms with Crippen LogP contribution in [0.4, 0.5) is 0 Å². The van der Waals surface area contributed by atoms with Gasteiger partial charge in [-0.1, -0.05) is 12.1 Å². The predicted octanol–water partition coefficient (Wildman–Crippen LogP) is 1.88. The number of fused-ring (bicyclic) bond motifs is 2. The summed E-state index contributed by atoms with van der Waals surface area (Å²) < 4.78 is 0. The maximum Gasteiger partial charge on any atom is 0.336 e. The molecule has 3 N–H and O–H groups in total. The highest BCUT2D eigenvalue weighted by Gasteiger charge is 2.36. The van der Waals surface area contributed by atoms with Gasteiger partial charge in [-0.2, -0.15) is 0 Å². The molecular formula is C16H10O6. The van der Waals surface area contributed by atoms with E-state index in [0.29, 0.717) is 0 Å². The van der Waals surface area contributed by atoms with Gasteiger partial charge >= 0.3 is 5.97 Å². The van der Waals surface area contributed by atoms with E-state index in [-0.39, 0.29) is 39.3 Å². The van der Waals surface area contributed by atoms with E-state index in [0.717, 1.165) is 6.07 Å². The van der Waals surface area contributed by atoms with Crippen molar-refractivity contribution in [2.24, 2.45) is 0 Å². The third kappa shape index (κ3) is 1.64. The van der Waals surface area contributed by atoms with Gasteiger partial charge in [0, 0.05) is 22.3 Å². The number of hydrogen-bond acceptors (Lipinski definition) is 5. The Labute approximate surface area is 124 Å². The molecule has 0 unspecified atom stereocenters. The summed E-state index contributed by atoms with van der Waals surface area (Å²) in [6, 6.07) is 5.12. The number of benzene rings is 2. The Hall–Kier alpha value is -3.15. The van der Waals surface area contributed by atoms with Crippen LogP contribution in [0.25, 0.3) is 0 Å². The molecule has 0 spiro atoms. The van der Waals surface area contributed by atoms with Crippen molar-refractivity contribution in [3.63, 3.8) is 0 Å². The fourth-order valence-corrected chi connectivity index (χ4v) is 2.69. The molecule has 0 saturated carbocycles. The van der Waals surface area contributed by atoms with Crippen LogP contribution in [-0.4, -0.2) is 32.9 Å². The summed E-state index contributed by atoms with van der Waals surface area (Å²) >= 11 is 0. The summed E-state index contributed by atoms with van der Waals surface area (Å²) in [4.78, 5) is 36.5. The lowest BCUT2D eigenvalue weighted by Gasteiger charge is -2.21. The monoisotopic (exact) mass is 298 g/mol. The first kappa shape index (κ1) is 13.8. The molecule has 0 amide bonds. The molecule has 2 aromatic rings. The molecule has 0 atom stereocenters. The third-order valence-electron chi connectivity index (χ3n) is 3.76. The van der Waals surface area contributed by atoms with E-state index in [1.165, 1.54) is 25.1 Å². The molecule has 6 heteroatoms. The molecule has 3 rings (SSSR count). The zero-order valence-electron chi connectivity index (χ0n) is 11.4. The molecule has 22 heavy (non-hydrogen) atoms. The summed E-state index contributed by atoms with van der Waals surface area (Å²) in [5.74, 6) is -3.55. The maximum atomic E-state index is 12.6. The Morgan fingerprint density at radius 3 is 2.27 bits per heavy atom. The van der Waals surface area contributed by atoms with Crippen LogP contribution in [-0.2, 0) is 0 Å². The first-order chi connectivity index (χ1) is 10.3. The van der Waals surface area contributed by atoms with Crippen LogP contribution in [0, 0.1) is 6.92 Å². The van der Waals surface area contributed by atoms with Crippen molar-refractivity contribution in [2.45, 2.75) is 6.92 Å². The van der Waals surface area contributed by atoms with Gasteiger partial charge in [-0.3, -0.25) is 9.59 Å².